The fraction of sp³-hybridized carbons (Fsp3) is 0.385. The van der Waals surface area contributed by atoms with Gasteiger partial charge in [-0.2, -0.15) is 23.5 Å². The zero-order chi connectivity index (χ0) is 28.1. The highest BCUT2D eigenvalue weighted by atomic mass is 19.4. The molecule has 2 saturated heterocycles. The van der Waals surface area contributed by atoms with E-state index < -0.39 is 29.1 Å². The fourth-order valence-corrected chi connectivity index (χ4v) is 5.64. The Morgan fingerprint density at radius 1 is 1.18 bits per heavy atom. The Kier molecular flexibility index (Phi) is 6.25. The molecule has 4 aromatic rings. The molecule has 0 atom stereocenters. The third kappa shape index (κ3) is 4.45. The van der Waals surface area contributed by atoms with Gasteiger partial charge in [-0.25, -0.2) is 14.4 Å². The number of rotatable bonds is 5. The van der Waals surface area contributed by atoms with Crippen LogP contribution < -0.4 is 0 Å². The van der Waals surface area contributed by atoms with Gasteiger partial charge in [0.1, 0.15) is 22.7 Å². The first-order chi connectivity index (χ1) is 19.2. The number of likely N-dealkylation sites (tertiary alicyclic amines) is 2. The van der Waals surface area contributed by atoms with Crippen LogP contribution in [0.25, 0.3) is 22.2 Å². The molecule has 0 aromatic carbocycles. The second kappa shape index (κ2) is 9.67. The molecule has 0 aliphatic carbocycles. The van der Waals surface area contributed by atoms with Gasteiger partial charge in [-0.05, 0) is 18.9 Å². The van der Waals surface area contributed by atoms with Crippen molar-refractivity contribution < 1.29 is 22.4 Å². The lowest BCUT2D eigenvalue weighted by Crippen LogP contribution is -2.66. The van der Waals surface area contributed by atoms with Crippen molar-refractivity contribution >= 4 is 16.9 Å². The standard InChI is InChI=1S/C26H23F4N9O/c27-19-10-34-23-18(1-6-33-23)22(19)16-9-35-39(13-16)25(4-5-31)14-38(15-25)17-2-7-37(8-3-17)24(40)20-11-32-12-21(36-20)26(28,29)30/h1,6,9-13,17H,2-4,7-8,14-15H2,(H,33,34). The number of H-pyrrole nitrogens is 1. The average molecular weight is 554 g/mol. The molecule has 2 fully saturated rings. The van der Waals surface area contributed by atoms with Crippen molar-refractivity contribution in [1.82, 2.24) is 39.5 Å². The number of hydrogen-bond donors (Lipinski definition) is 1. The summed E-state index contributed by atoms with van der Waals surface area (Å²) in [4.78, 5) is 30.5. The number of amides is 1. The largest absolute Gasteiger partial charge is 0.434 e. The molecule has 0 unspecified atom stereocenters. The first kappa shape index (κ1) is 25.9. The van der Waals surface area contributed by atoms with Crippen molar-refractivity contribution in [3.63, 3.8) is 0 Å². The monoisotopic (exact) mass is 553 g/mol. The number of nitriles is 1. The van der Waals surface area contributed by atoms with Gasteiger partial charge in [0, 0.05) is 61.1 Å². The minimum absolute atomic E-state index is 0.135. The van der Waals surface area contributed by atoms with Gasteiger partial charge in [0.25, 0.3) is 5.91 Å². The molecule has 40 heavy (non-hydrogen) atoms. The number of hydrogen-bond acceptors (Lipinski definition) is 7. The number of nitrogens with one attached hydrogen (secondary N) is 1. The van der Waals surface area contributed by atoms with Gasteiger partial charge in [0.15, 0.2) is 5.69 Å². The normalized spacial score (nSPS) is 18.0. The van der Waals surface area contributed by atoms with E-state index in [1.54, 1.807) is 29.3 Å². The highest BCUT2D eigenvalue weighted by Crippen LogP contribution is 2.38. The Morgan fingerprint density at radius 2 is 1.95 bits per heavy atom. The molecule has 206 valence electrons. The van der Waals surface area contributed by atoms with E-state index in [-0.39, 0.29) is 18.2 Å². The quantitative estimate of drug-likeness (QED) is 0.375. The topological polar surface area (TPSA) is 120 Å². The minimum Gasteiger partial charge on any atom is -0.346 e. The molecule has 0 bridgehead atoms. The van der Waals surface area contributed by atoms with Crippen LogP contribution in [0.5, 0.6) is 0 Å². The molecule has 6 heterocycles. The van der Waals surface area contributed by atoms with Crippen molar-refractivity contribution in [1.29, 1.82) is 5.26 Å². The first-order valence-corrected chi connectivity index (χ1v) is 12.7. The molecule has 0 spiro atoms. The van der Waals surface area contributed by atoms with E-state index in [1.807, 2.05) is 0 Å². The molecule has 14 heteroatoms. The van der Waals surface area contributed by atoms with Crippen LogP contribution in [0.15, 0.2) is 43.2 Å². The molecule has 0 saturated carbocycles. The van der Waals surface area contributed by atoms with E-state index in [1.165, 1.54) is 11.1 Å². The maximum absolute atomic E-state index is 14.7. The lowest BCUT2D eigenvalue weighted by molar-refractivity contribution is -0.141. The van der Waals surface area contributed by atoms with Gasteiger partial charge in [0.05, 0.1) is 37.3 Å². The summed E-state index contributed by atoms with van der Waals surface area (Å²) in [6.07, 6.45) is 4.64. The van der Waals surface area contributed by atoms with E-state index in [9.17, 15) is 27.6 Å². The second-order valence-corrected chi connectivity index (χ2v) is 10.2. The number of carbonyl (C=O) groups is 1. The SMILES string of the molecule is N#CCC1(n2cc(-c3c(F)cnc4[nH]ccc34)cn2)CN(C2CCN(C(=O)c3cncc(C(F)(F)F)n3)CC2)C1. The number of halogens is 4. The van der Waals surface area contributed by atoms with Crippen molar-refractivity contribution in [2.24, 2.45) is 0 Å². The Balaban J connectivity index is 1.12. The lowest BCUT2D eigenvalue weighted by Gasteiger charge is -2.53. The van der Waals surface area contributed by atoms with E-state index in [0.29, 0.717) is 67.4 Å². The van der Waals surface area contributed by atoms with Gasteiger partial charge in [-0.3, -0.25) is 19.4 Å². The number of piperidine rings is 1. The summed E-state index contributed by atoms with van der Waals surface area (Å²) in [5.41, 5.74) is -0.562. The summed E-state index contributed by atoms with van der Waals surface area (Å²) < 4.78 is 55.4. The molecule has 2 aliphatic rings. The van der Waals surface area contributed by atoms with Gasteiger partial charge >= 0.3 is 6.18 Å². The van der Waals surface area contributed by atoms with Gasteiger partial charge in [0.2, 0.25) is 0 Å². The van der Waals surface area contributed by atoms with Crippen molar-refractivity contribution in [2.45, 2.75) is 37.0 Å². The Hall–Kier alpha value is -4.38. The van der Waals surface area contributed by atoms with Crippen molar-refractivity contribution in [2.75, 3.05) is 26.2 Å². The van der Waals surface area contributed by atoms with Crippen LogP contribution in [0.1, 0.15) is 35.4 Å². The first-order valence-electron chi connectivity index (χ1n) is 12.7. The maximum atomic E-state index is 14.7. The number of carbonyl (C=O) groups excluding carboxylic acids is 1. The Labute approximate surface area is 225 Å². The fourth-order valence-electron chi connectivity index (χ4n) is 5.64. The number of aromatic nitrogens is 6. The summed E-state index contributed by atoms with van der Waals surface area (Å²) in [6.45, 7) is 1.84. The Bertz CT molecular complexity index is 1610. The van der Waals surface area contributed by atoms with E-state index in [0.717, 1.165) is 6.20 Å². The number of nitrogens with zero attached hydrogens (tertiary/aromatic N) is 8. The number of aromatic amines is 1. The maximum Gasteiger partial charge on any atom is 0.434 e. The predicted octanol–water partition coefficient (Wildman–Crippen LogP) is 3.60. The van der Waals surface area contributed by atoms with Crippen LogP contribution in [0, 0.1) is 17.1 Å². The van der Waals surface area contributed by atoms with Crippen molar-refractivity contribution in [3.8, 4) is 17.2 Å². The molecule has 10 nitrogen and oxygen atoms in total. The van der Waals surface area contributed by atoms with E-state index in [2.05, 4.69) is 36.0 Å². The van der Waals surface area contributed by atoms with Gasteiger partial charge in [-0.15, -0.1) is 0 Å². The lowest BCUT2D eigenvalue weighted by atomic mass is 9.83. The number of fused-ring (bicyclic) bond motifs is 1. The summed E-state index contributed by atoms with van der Waals surface area (Å²) in [7, 11) is 0. The summed E-state index contributed by atoms with van der Waals surface area (Å²) in [6, 6.07) is 4.14. The third-order valence-corrected chi connectivity index (χ3v) is 7.71. The molecule has 1 N–H and O–H groups in total. The van der Waals surface area contributed by atoms with Gasteiger partial charge < -0.3 is 9.88 Å². The van der Waals surface area contributed by atoms with Crippen LogP contribution in [0.3, 0.4) is 0 Å². The minimum atomic E-state index is -4.68. The highest BCUT2D eigenvalue weighted by molar-refractivity contribution is 5.93. The molecule has 1 amide bonds. The van der Waals surface area contributed by atoms with Crippen molar-refractivity contribution in [3.05, 3.63) is 60.5 Å². The zero-order valence-electron chi connectivity index (χ0n) is 21.1. The number of alkyl halides is 3. The second-order valence-electron chi connectivity index (χ2n) is 10.2. The van der Waals surface area contributed by atoms with Crippen LogP contribution >= 0.6 is 0 Å². The van der Waals surface area contributed by atoms with Crippen LogP contribution in [-0.4, -0.2) is 77.6 Å². The molecular formula is C26H23F4N9O. The van der Waals surface area contributed by atoms with Gasteiger partial charge in [-0.1, -0.05) is 0 Å². The summed E-state index contributed by atoms with van der Waals surface area (Å²) in [5.74, 6) is -1.04. The smallest absolute Gasteiger partial charge is 0.346 e. The molecule has 0 radical (unpaired) electrons. The van der Waals surface area contributed by atoms with E-state index >= 15 is 0 Å². The van der Waals surface area contributed by atoms with Crippen LogP contribution in [-0.2, 0) is 11.7 Å². The van der Waals surface area contributed by atoms with Crippen LogP contribution in [0.4, 0.5) is 17.6 Å². The molecule has 4 aromatic heterocycles. The van der Waals surface area contributed by atoms with E-state index in [4.69, 9.17) is 0 Å². The number of pyridine rings is 1. The third-order valence-electron chi connectivity index (χ3n) is 7.71. The molecule has 2 aliphatic heterocycles. The summed E-state index contributed by atoms with van der Waals surface area (Å²) >= 11 is 0. The zero-order valence-corrected chi connectivity index (χ0v) is 21.1. The molecule has 6 rings (SSSR count). The average Bonchev–Trinajstić information content (AvgIpc) is 3.60. The Morgan fingerprint density at radius 3 is 2.67 bits per heavy atom. The summed E-state index contributed by atoms with van der Waals surface area (Å²) in [5, 5.41) is 14.7. The van der Waals surface area contributed by atoms with Crippen LogP contribution in [0.2, 0.25) is 0 Å². The highest BCUT2D eigenvalue weighted by Gasteiger charge is 2.48. The molecular weight excluding hydrogens is 530 g/mol. The predicted molar refractivity (Wildman–Crippen MR) is 133 cm³/mol.